The molecule has 0 aromatic heterocycles. The molecule has 1 heterocycles. The molecular weight excluding hydrogens is 288 g/mol. The van der Waals surface area contributed by atoms with Gasteiger partial charge in [-0.15, -0.1) is 0 Å². The lowest BCUT2D eigenvalue weighted by atomic mass is 9.47. The first-order valence-electron chi connectivity index (χ1n) is 8.08. The smallest absolute Gasteiger partial charge is 0.325 e. The summed E-state index contributed by atoms with van der Waals surface area (Å²) >= 11 is 0. The van der Waals surface area contributed by atoms with Gasteiger partial charge >= 0.3 is 5.97 Å². The van der Waals surface area contributed by atoms with Crippen molar-refractivity contribution in [2.24, 2.45) is 5.41 Å². The first-order valence-corrected chi connectivity index (χ1v) is 8.08. The van der Waals surface area contributed by atoms with Crippen LogP contribution in [-0.2, 0) is 9.59 Å². The molecule has 1 aliphatic carbocycles. The van der Waals surface area contributed by atoms with Gasteiger partial charge in [-0.2, -0.15) is 0 Å². The van der Waals surface area contributed by atoms with Crippen molar-refractivity contribution in [3.05, 3.63) is 65.7 Å². The van der Waals surface area contributed by atoms with E-state index in [0.29, 0.717) is 18.6 Å². The van der Waals surface area contributed by atoms with Crippen molar-refractivity contribution in [3.63, 3.8) is 0 Å². The van der Waals surface area contributed by atoms with Crippen molar-refractivity contribution in [1.29, 1.82) is 0 Å². The maximum Gasteiger partial charge on any atom is 0.325 e. The highest BCUT2D eigenvalue weighted by atomic mass is 16.5. The Labute approximate surface area is 135 Å². The molecule has 1 saturated carbocycles. The molecule has 0 saturated heterocycles. The molecule has 23 heavy (non-hydrogen) atoms. The number of carbonyl (C=O) groups is 2. The van der Waals surface area contributed by atoms with E-state index in [1.807, 2.05) is 49.4 Å². The number of fused-ring (bicyclic) bond motifs is 3. The van der Waals surface area contributed by atoms with E-state index in [1.54, 1.807) is 0 Å². The highest BCUT2D eigenvalue weighted by molar-refractivity contribution is 6.08. The molecule has 0 bridgehead atoms. The Morgan fingerprint density at radius 3 is 2.57 bits per heavy atom. The molecule has 3 heteroatoms. The van der Waals surface area contributed by atoms with Gasteiger partial charge in [-0.05, 0) is 24.0 Å². The number of rotatable bonds is 3. The van der Waals surface area contributed by atoms with Crippen LogP contribution in [0.2, 0.25) is 0 Å². The predicted molar refractivity (Wildman–Crippen MR) is 86.3 cm³/mol. The second-order valence-electron chi connectivity index (χ2n) is 6.37. The van der Waals surface area contributed by atoms with Crippen molar-refractivity contribution in [1.82, 2.24) is 0 Å². The fourth-order valence-corrected chi connectivity index (χ4v) is 4.22. The first-order chi connectivity index (χ1) is 11.2. The van der Waals surface area contributed by atoms with Crippen LogP contribution in [0.25, 0.3) is 0 Å². The van der Waals surface area contributed by atoms with Gasteiger partial charge in [0.15, 0.2) is 5.78 Å². The molecule has 0 N–H and O–H groups in total. The number of esters is 1. The minimum Gasteiger partial charge on any atom is -0.425 e. The van der Waals surface area contributed by atoms with Crippen LogP contribution in [0.4, 0.5) is 0 Å². The average Bonchev–Trinajstić information content (AvgIpc) is 2.56. The largest absolute Gasteiger partial charge is 0.425 e. The topological polar surface area (TPSA) is 43.4 Å². The van der Waals surface area contributed by atoms with Crippen molar-refractivity contribution < 1.29 is 14.3 Å². The van der Waals surface area contributed by atoms with Crippen LogP contribution in [0.5, 0.6) is 5.75 Å². The average molecular weight is 306 g/mol. The second kappa shape index (κ2) is 5.05. The Kier molecular flexibility index (Phi) is 3.12. The minimum atomic E-state index is -0.996. The molecule has 2 aromatic carbocycles. The molecule has 0 amide bonds. The third kappa shape index (κ3) is 1.83. The molecule has 2 aliphatic rings. The van der Waals surface area contributed by atoms with Gasteiger partial charge in [-0.25, -0.2) is 0 Å². The molecule has 1 fully saturated rings. The van der Waals surface area contributed by atoms with E-state index in [0.717, 1.165) is 5.56 Å². The molecule has 0 unspecified atom stereocenters. The van der Waals surface area contributed by atoms with E-state index >= 15 is 0 Å². The minimum absolute atomic E-state index is 0.00539. The van der Waals surface area contributed by atoms with E-state index in [2.05, 4.69) is 12.1 Å². The number of Topliss-reactive ketones (excluding diaryl/α,β-unsaturated/α-hetero) is 1. The Balaban J connectivity index is 1.86. The molecule has 116 valence electrons. The van der Waals surface area contributed by atoms with Crippen LogP contribution in [0.3, 0.4) is 0 Å². The lowest BCUT2D eigenvalue weighted by Crippen LogP contribution is -2.58. The molecule has 4 rings (SSSR count). The van der Waals surface area contributed by atoms with Crippen LogP contribution < -0.4 is 4.74 Å². The lowest BCUT2D eigenvalue weighted by molar-refractivity contribution is -0.165. The van der Waals surface area contributed by atoms with Gasteiger partial charge in [-0.3, -0.25) is 9.59 Å². The molecule has 1 aliphatic heterocycles. The SMILES string of the molecule is CCC(=O)[C@]12C[C@H](c3ccccc3)[C@H]1c1ccccc1OC2=O. The Morgan fingerprint density at radius 2 is 1.83 bits per heavy atom. The van der Waals surface area contributed by atoms with Gasteiger partial charge in [0.25, 0.3) is 0 Å². The summed E-state index contributed by atoms with van der Waals surface area (Å²) in [5.41, 5.74) is 1.17. The Hall–Kier alpha value is -2.42. The lowest BCUT2D eigenvalue weighted by Gasteiger charge is -2.54. The van der Waals surface area contributed by atoms with Gasteiger partial charge in [0.1, 0.15) is 11.2 Å². The second-order valence-corrected chi connectivity index (χ2v) is 6.37. The summed E-state index contributed by atoms with van der Waals surface area (Å²) in [6.07, 6.45) is 0.900. The van der Waals surface area contributed by atoms with E-state index in [9.17, 15) is 9.59 Å². The molecule has 3 atom stereocenters. The molecule has 2 aromatic rings. The van der Waals surface area contributed by atoms with Crippen LogP contribution >= 0.6 is 0 Å². The van der Waals surface area contributed by atoms with E-state index in [-0.39, 0.29) is 23.6 Å². The summed E-state index contributed by atoms with van der Waals surface area (Å²) < 4.78 is 5.52. The number of para-hydroxylation sites is 1. The summed E-state index contributed by atoms with van der Waals surface area (Å²) in [6.45, 7) is 1.82. The number of benzene rings is 2. The van der Waals surface area contributed by atoms with Crippen LogP contribution in [0, 0.1) is 5.41 Å². The summed E-state index contributed by atoms with van der Waals surface area (Å²) in [5.74, 6) is 0.285. The van der Waals surface area contributed by atoms with Gasteiger partial charge < -0.3 is 4.74 Å². The maximum atomic E-state index is 12.7. The van der Waals surface area contributed by atoms with Crippen LogP contribution in [0.1, 0.15) is 42.7 Å². The van der Waals surface area contributed by atoms with Crippen LogP contribution in [0.15, 0.2) is 54.6 Å². The van der Waals surface area contributed by atoms with E-state index < -0.39 is 5.41 Å². The van der Waals surface area contributed by atoms with Crippen molar-refractivity contribution >= 4 is 11.8 Å². The third-order valence-electron chi connectivity index (χ3n) is 5.34. The maximum absolute atomic E-state index is 12.7. The van der Waals surface area contributed by atoms with Crippen molar-refractivity contribution in [3.8, 4) is 5.75 Å². The summed E-state index contributed by atoms with van der Waals surface area (Å²) in [7, 11) is 0. The number of ketones is 1. The number of hydrogen-bond acceptors (Lipinski definition) is 3. The third-order valence-corrected chi connectivity index (χ3v) is 5.34. The fourth-order valence-electron chi connectivity index (χ4n) is 4.22. The zero-order valence-electron chi connectivity index (χ0n) is 13.0. The number of ether oxygens (including phenoxy) is 1. The first kappa shape index (κ1) is 14.2. The van der Waals surface area contributed by atoms with Crippen LogP contribution in [-0.4, -0.2) is 11.8 Å². The Morgan fingerprint density at radius 1 is 1.13 bits per heavy atom. The highest BCUT2D eigenvalue weighted by Gasteiger charge is 2.66. The summed E-state index contributed by atoms with van der Waals surface area (Å²) in [5, 5.41) is 0. The van der Waals surface area contributed by atoms with E-state index in [1.165, 1.54) is 5.56 Å². The summed E-state index contributed by atoms with van der Waals surface area (Å²) in [4.78, 5) is 25.3. The monoisotopic (exact) mass is 306 g/mol. The normalized spacial score (nSPS) is 28.1. The van der Waals surface area contributed by atoms with Gasteiger partial charge in [-0.1, -0.05) is 55.5 Å². The molecule has 0 spiro atoms. The molecule has 3 nitrogen and oxygen atoms in total. The van der Waals surface area contributed by atoms with Gasteiger partial charge in [0.2, 0.25) is 0 Å². The standard InChI is InChI=1S/C20H18O3/c1-2-17(21)20-12-15(13-8-4-3-5-9-13)18(20)14-10-6-7-11-16(14)23-19(20)22/h3-11,15,18H,2,12H2,1H3/t15-,18-,20-/m1/s1. The van der Waals surface area contributed by atoms with Gasteiger partial charge in [0.05, 0.1) is 0 Å². The quantitative estimate of drug-likeness (QED) is 0.491. The molecular formula is C20H18O3. The number of hydrogen-bond donors (Lipinski definition) is 0. The van der Waals surface area contributed by atoms with Crippen molar-refractivity contribution in [2.45, 2.75) is 31.6 Å². The van der Waals surface area contributed by atoms with E-state index in [4.69, 9.17) is 4.74 Å². The van der Waals surface area contributed by atoms with Gasteiger partial charge in [0, 0.05) is 17.9 Å². The zero-order chi connectivity index (χ0) is 16.0. The highest BCUT2D eigenvalue weighted by Crippen LogP contribution is 2.65. The fraction of sp³-hybridized carbons (Fsp3) is 0.300. The molecule has 0 radical (unpaired) electrons. The predicted octanol–water partition coefficient (Wildman–Crippen LogP) is 3.84. The zero-order valence-corrected chi connectivity index (χ0v) is 13.0. The summed E-state index contributed by atoms with van der Waals surface area (Å²) in [6, 6.07) is 17.7. The number of carbonyl (C=O) groups excluding carboxylic acids is 2. The van der Waals surface area contributed by atoms with Crippen molar-refractivity contribution in [2.75, 3.05) is 0 Å². The Bertz CT molecular complexity index is 780.